The molecule has 18 heavy (non-hydrogen) atoms. The highest BCUT2D eigenvalue weighted by Gasteiger charge is 2.42. The zero-order valence-corrected chi connectivity index (χ0v) is 11.6. The lowest BCUT2D eigenvalue weighted by atomic mass is 10.1. The minimum absolute atomic E-state index is 0.0278. The third-order valence-corrected chi connectivity index (χ3v) is 2.76. The summed E-state index contributed by atoms with van der Waals surface area (Å²) in [4.78, 5) is 0. The van der Waals surface area contributed by atoms with Gasteiger partial charge in [-0.25, -0.2) is 0 Å². The Hall–Kier alpha value is -0.460. The SMILES string of the molecule is COCO[C@H](C/C=C/CO)[C@@H]1OC(C)(C)O[C@@H]1C. The maximum atomic E-state index is 8.75. The number of methoxy groups -OCH3 is 1. The van der Waals surface area contributed by atoms with Gasteiger partial charge in [0.2, 0.25) is 0 Å². The highest BCUT2D eigenvalue weighted by molar-refractivity contribution is 4.91. The summed E-state index contributed by atoms with van der Waals surface area (Å²) in [7, 11) is 1.58. The molecule has 0 aromatic rings. The van der Waals surface area contributed by atoms with Crippen molar-refractivity contribution in [1.82, 2.24) is 0 Å². The van der Waals surface area contributed by atoms with Crippen molar-refractivity contribution < 1.29 is 24.1 Å². The van der Waals surface area contributed by atoms with Crippen molar-refractivity contribution >= 4 is 0 Å². The van der Waals surface area contributed by atoms with Gasteiger partial charge in [0, 0.05) is 7.11 Å². The summed E-state index contributed by atoms with van der Waals surface area (Å²) in [6, 6.07) is 0. The minimum atomic E-state index is -0.584. The largest absolute Gasteiger partial charge is 0.392 e. The van der Waals surface area contributed by atoms with E-state index >= 15 is 0 Å². The fourth-order valence-corrected chi connectivity index (χ4v) is 2.10. The topological polar surface area (TPSA) is 57.2 Å². The van der Waals surface area contributed by atoms with Crippen LogP contribution in [0.3, 0.4) is 0 Å². The van der Waals surface area contributed by atoms with E-state index in [-0.39, 0.29) is 31.7 Å². The number of hydrogen-bond donors (Lipinski definition) is 1. The van der Waals surface area contributed by atoms with Crippen molar-refractivity contribution in [3.8, 4) is 0 Å². The summed E-state index contributed by atoms with van der Waals surface area (Å²) in [6.07, 6.45) is 3.89. The lowest BCUT2D eigenvalue weighted by Crippen LogP contribution is -2.36. The summed E-state index contributed by atoms with van der Waals surface area (Å²) in [5.41, 5.74) is 0. The number of ether oxygens (including phenoxy) is 4. The van der Waals surface area contributed by atoms with E-state index in [0.717, 1.165) is 0 Å². The highest BCUT2D eigenvalue weighted by Crippen LogP contribution is 2.31. The van der Waals surface area contributed by atoms with Crippen LogP contribution in [-0.2, 0) is 18.9 Å². The lowest BCUT2D eigenvalue weighted by Gasteiger charge is -2.24. The quantitative estimate of drug-likeness (QED) is 0.554. The molecule has 5 nitrogen and oxygen atoms in total. The van der Waals surface area contributed by atoms with Crippen LogP contribution in [0.25, 0.3) is 0 Å². The predicted molar refractivity (Wildman–Crippen MR) is 67.1 cm³/mol. The third kappa shape index (κ3) is 4.66. The molecule has 0 spiro atoms. The van der Waals surface area contributed by atoms with Crippen molar-refractivity contribution in [2.45, 2.75) is 51.3 Å². The molecule has 1 rings (SSSR count). The number of hydrogen-bond acceptors (Lipinski definition) is 5. The first-order valence-corrected chi connectivity index (χ1v) is 6.22. The van der Waals surface area contributed by atoms with Crippen LogP contribution in [0.1, 0.15) is 27.2 Å². The Labute approximate surface area is 109 Å². The van der Waals surface area contributed by atoms with Gasteiger partial charge in [-0.05, 0) is 27.2 Å². The smallest absolute Gasteiger partial charge is 0.163 e. The van der Waals surface area contributed by atoms with Gasteiger partial charge in [-0.1, -0.05) is 12.2 Å². The summed E-state index contributed by atoms with van der Waals surface area (Å²) in [5.74, 6) is -0.584. The molecule has 0 amide bonds. The summed E-state index contributed by atoms with van der Waals surface area (Å²) in [6.45, 7) is 5.99. The monoisotopic (exact) mass is 260 g/mol. The molecule has 3 atom stereocenters. The molecule has 0 radical (unpaired) electrons. The second-order valence-electron chi connectivity index (χ2n) is 4.81. The normalized spacial score (nSPS) is 28.9. The van der Waals surface area contributed by atoms with Gasteiger partial charge in [0.05, 0.1) is 18.8 Å². The summed E-state index contributed by atoms with van der Waals surface area (Å²) < 4.78 is 22.1. The average Bonchev–Trinajstić information content (AvgIpc) is 2.57. The minimum Gasteiger partial charge on any atom is -0.392 e. The number of rotatable bonds is 7. The Bertz CT molecular complexity index is 264. The Morgan fingerprint density at radius 3 is 2.56 bits per heavy atom. The fourth-order valence-electron chi connectivity index (χ4n) is 2.10. The van der Waals surface area contributed by atoms with Crippen LogP contribution in [0.4, 0.5) is 0 Å². The first-order chi connectivity index (χ1) is 8.50. The molecular formula is C13H24O5. The van der Waals surface area contributed by atoms with Crippen LogP contribution >= 0.6 is 0 Å². The lowest BCUT2D eigenvalue weighted by molar-refractivity contribution is -0.169. The number of aliphatic hydroxyl groups is 1. The zero-order valence-electron chi connectivity index (χ0n) is 11.6. The van der Waals surface area contributed by atoms with E-state index in [4.69, 9.17) is 24.1 Å². The average molecular weight is 260 g/mol. The van der Waals surface area contributed by atoms with Crippen LogP contribution in [0, 0.1) is 0 Å². The molecule has 1 saturated heterocycles. The van der Waals surface area contributed by atoms with Gasteiger partial charge in [0.1, 0.15) is 12.9 Å². The Morgan fingerprint density at radius 1 is 1.33 bits per heavy atom. The van der Waals surface area contributed by atoms with E-state index in [1.165, 1.54) is 0 Å². The van der Waals surface area contributed by atoms with Crippen molar-refractivity contribution in [3.63, 3.8) is 0 Å². The van der Waals surface area contributed by atoms with Gasteiger partial charge in [0.15, 0.2) is 5.79 Å². The van der Waals surface area contributed by atoms with Crippen LogP contribution in [0.15, 0.2) is 12.2 Å². The Balaban J connectivity index is 2.60. The van der Waals surface area contributed by atoms with Crippen molar-refractivity contribution in [2.75, 3.05) is 20.5 Å². The van der Waals surface area contributed by atoms with E-state index in [0.29, 0.717) is 6.42 Å². The van der Waals surface area contributed by atoms with Crippen LogP contribution in [0.5, 0.6) is 0 Å². The second-order valence-corrected chi connectivity index (χ2v) is 4.81. The molecule has 0 unspecified atom stereocenters. The van der Waals surface area contributed by atoms with E-state index < -0.39 is 5.79 Å². The van der Waals surface area contributed by atoms with Gasteiger partial charge in [0.25, 0.3) is 0 Å². The van der Waals surface area contributed by atoms with E-state index in [1.807, 2.05) is 26.8 Å². The summed E-state index contributed by atoms with van der Waals surface area (Å²) >= 11 is 0. The first kappa shape index (κ1) is 15.6. The second kappa shape index (κ2) is 7.21. The molecule has 0 aromatic carbocycles. The summed E-state index contributed by atoms with van der Waals surface area (Å²) in [5, 5.41) is 8.75. The fraction of sp³-hybridized carbons (Fsp3) is 0.846. The predicted octanol–water partition coefficient (Wildman–Crippen LogP) is 1.45. The molecule has 1 aliphatic rings. The Kier molecular flexibility index (Phi) is 6.25. The van der Waals surface area contributed by atoms with Crippen molar-refractivity contribution in [2.24, 2.45) is 0 Å². The molecule has 1 N–H and O–H groups in total. The molecule has 1 fully saturated rings. The molecule has 106 valence electrons. The van der Waals surface area contributed by atoms with Gasteiger partial charge in [-0.2, -0.15) is 0 Å². The molecular weight excluding hydrogens is 236 g/mol. The number of aliphatic hydroxyl groups excluding tert-OH is 1. The van der Waals surface area contributed by atoms with Crippen LogP contribution < -0.4 is 0 Å². The van der Waals surface area contributed by atoms with E-state index in [2.05, 4.69) is 0 Å². The zero-order chi connectivity index (χ0) is 13.6. The molecule has 0 aliphatic carbocycles. The van der Waals surface area contributed by atoms with Gasteiger partial charge in [-0.3, -0.25) is 0 Å². The molecule has 0 saturated carbocycles. The van der Waals surface area contributed by atoms with Crippen LogP contribution in [-0.4, -0.2) is 49.7 Å². The van der Waals surface area contributed by atoms with Gasteiger partial charge < -0.3 is 24.1 Å². The highest BCUT2D eigenvalue weighted by atomic mass is 16.8. The molecule has 1 heterocycles. The third-order valence-electron chi connectivity index (χ3n) is 2.76. The van der Waals surface area contributed by atoms with Crippen molar-refractivity contribution in [1.29, 1.82) is 0 Å². The van der Waals surface area contributed by atoms with E-state index in [1.54, 1.807) is 13.2 Å². The molecule has 0 aromatic heterocycles. The molecule has 1 aliphatic heterocycles. The maximum absolute atomic E-state index is 8.75. The standard InChI is InChI=1S/C13H24O5/c1-10-12(18-13(2,3)17-10)11(16-9-15-4)7-5-6-8-14/h5-6,10-12,14H,7-9H2,1-4H3/b6-5+/t10-,11-,12-/m1/s1. The van der Waals surface area contributed by atoms with Crippen LogP contribution in [0.2, 0.25) is 0 Å². The molecule has 0 bridgehead atoms. The first-order valence-electron chi connectivity index (χ1n) is 6.22. The van der Waals surface area contributed by atoms with Gasteiger partial charge in [-0.15, -0.1) is 0 Å². The maximum Gasteiger partial charge on any atom is 0.163 e. The van der Waals surface area contributed by atoms with Gasteiger partial charge >= 0.3 is 0 Å². The van der Waals surface area contributed by atoms with E-state index in [9.17, 15) is 0 Å². The Morgan fingerprint density at radius 2 is 2.06 bits per heavy atom. The molecule has 5 heteroatoms. The van der Waals surface area contributed by atoms with Crippen molar-refractivity contribution in [3.05, 3.63) is 12.2 Å².